The highest BCUT2D eigenvalue weighted by molar-refractivity contribution is 5.68. The lowest BCUT2D eigenvalue weighted by Gasteiger charge is -2.30. The van der Waals surface area contributed by atoms with Crippen molar-refractivity contribution in [3.05, 3.63) is 18.0 Å². The number of nitrogens with zero attached hydrogens (tertiary/aromatic N) is 3. The zero-order valence-corrected chi connectivity index (χ0v) is 14.9. The zero-order valence-electron chi connectivity index (χ0n) is 14.9. The Kier molecular flexibility index (Phi) is 6.41. The third-order valence-electron chi connectivity index (χ3n) is 3.28. The van der Waals surface area contributed by atoms with Gasteiger partial charge in [0.05, 0.1) is 6.20 Å². The molecule has 22 heavy (non-hydrogen) atoms. The first-order chi connectivity index (χ1) is 10.1. The zero-order chi connectivity index (χ0) is 16.9. The van der Waals surface area contributed by atoms with E-state index in [-0.39, 0.29) is 18.2 Å². The molecule has 0 aromatic carbocycles. The highest BCUT2D eigenvalue weighted by atomic mass is 16.6. The molecule has 0 spiro atoms. The number of carbonyl (C=O) groups is 1. The van der Waals surface area contributed by atoms with Crippen LogP contribution in [0.4, 0.5) is 4.79 Å². The number of hydrogen-bond acceptors (Lipinski definition) is 4. The van der Waals surface area contributed by atoms with Crippen LogP contribution in [0.2, 0.25) is 0 Å². The summed E-state index contributed by atoms with van der Waals surface area (Å²) in [6, 6.07) is 0.298. The van der Waals surface area contributed by atoms with Crippen LogP contribution in [0.5, 0.6) is 0 Å². The molecule has 1 atom stereocenters. The quantitative estimate of drug-likeness (QED) is 0.877. The number of hydrogen-bond donors (Lipinski definition) is 1. The SMILES string of the molecule is CC(NCCN(C(=O)OC(C)(C)C)C(C)C)c1cnn(C)c1. The number of carbonyl (C=O) groups excluding carboxylic acids is 1. The Bertz CT molecular complexity index is 477. The van der Waals surface area contributed by atoms with Crippen molar-refractivity contribution in [3.8, 4) is 0 Å². The van der Waals surface area contributed by atoms with Crippen molar-refractivity contribution < 1.29 is 9.53 Å². The summed E-state index contributed by atoms with van der Waals surface area (Å²) in [6.07, 6.45) is 3.58. The molecule has 1 heterocycles. The molecule has 0 aliphatic carbocycles. The molecule has 1 N–H and O–H groups in total. The van der Waals surface area contributed by atoms with Crippen molar-refractivity contribution in [2.75, 3.05) is 13.1 Å². The Morgan fingerprint density at radius 1 is 1.41 bits per heavy atom. The number of nitrogens with one attached hydrogen (secondary N) is 1. The van der Waals surface area contributed by atoms with Crippen LogP contribution in [-0.4, -0.2) is 45.5 Å². The predicted molar refractivity (Wildman–Crippen MR) is 87.7 cm³/mol. The monoisotopic (exact) mass is 310 g/mol. The van der Waals surface area contributed by atoms with Crippen LogP contribution in [0.15, 0.2) is 12.4 Å². The maximum atomic E-state index is 12.2. The number of ether oxygens (including phenoxy) is 1. The van der Waals surface area contributed by atoms with Crippen molar-refractivity contribution in [1.29, 1.82) is 0 Å². The normalized spacial score (nSPS) is 13.3. The molecule has 0 aliphatic heterocycles. The van der Waals surface area contributed by atoms with E-state index >= 15 is 0 Å². The second-order valence-corrected chi connectivity index (χ2v) is 6.89. The molecule has 0 saturated heterocycles. The molecule has 1 rings (SSSR count). The van der Waals surface area contributed by atoms with Gasteiger partial charge in [0.2, 0.25) is 0 Å². The summed E-state index contributed by atoms with van der Waals surface area (Å²) in [6.45, 7) is 13.0. The largest absolute Gasteiger partial charge is 0.444 e. The molecule has 1 aromatic rings. The first-order valence-corrected chi connectivity index (χ1v) is 7.81. The number of aryl methyl sites for hydroxylation is 1. The van der Waals surface area contributed by atoms with Crippen molar-refractivity contribution in [2.24, 2.45) is 7.05 Å². The van der Waals surface area contributed by atoms with Gasteiger partial charge in [0.15, 0.2) is 0 Å². The Morgan fingerprint density at radius 3 is 2.50 bits per heavy atom. The summed E-state index contributed by atoms with van der Waals surface area (Å²) in [5.74, 6) is 0. The minimum atomic E-state index is -0.472. The Labute approximate surface area is 133 Å². The molecule has 0 bridgehead atoms. The number of amides is 1. The van der Waals surface area contributed by atoms with E-state index in [1.165, 1.54) is 0 Å². The maximum Gasteiger partial charge on any atom is 0.410 e. The lowest BCUT2D eigenvalue weighted by atomic mass is 10.2. The highest BCUT2D eigenvalue weighted by Gasteiger charge is 2.23. The lowest BCUT2D eigenvalue weighted by Crippen LogP contribution is -2.44. The fourth-order valence-corrected chi connectivity index (χ4v) is 2.06. The van der Waals surface area contributed by atoms with Crippen LogP contribution in [0.1, 0.15) is 53.1 Å². The third kappa shape index (κ3) is 6.05. The summed E-state index contributed by atoms with van der Waals surface area (Å²) in [5, 5.41) is 7.58. The topological polar surface area (TPSA) is 59.4 Å². The Morgan fingerprint density at radius 2 is 2.05 bits per heavy atom. The summed E-state index contributed by atoms with van der Waals surface area (Å²) < 4.78 is 7.24. The minimum Gasteiger partial charge on any atom is -0.444 e. The van der Waals surface area contributed by atoms with E-state index < -0.39 is 5.60 Å². The van der Waals surface area contributed by atoms with Gasteiger partial charge in [-0.2, -0.15) is 5.10 Å². The second-order valence-electron chi connectivity index (χ2n) is 6.89. The molecular weight excluding hydrogens is 280 g/mol. The lowest BCUT2D eigenvalue weighted by molar-refractivity contribution is 0.0192. The van der Waals surface area contributed by atoms with E-state index in [0.29, 0.717) is 13.1 Å². The van der Waals surface area contributed by atoms with Crippen molar-refractivity contribution >= 4 is 6.09 Å². The van der Waals surface area contributed by atoms with Gasteiger partial charge in [-0.1, -0.05) is 0 Å². The van der Waals surface area contributed by atoms with Crippen LogP contribution in [0, 0.1) is 0 Å². The molecule has 0 aliphatic rings. The highest BCUT2D eigenvalue weighted by Crippen LogP contribution is 2.13. The average molecular weight is 310 g/mol. The van der Waals surface area contributed by atoms with Crippen molar-refractivity contribution in [1.82, 2.24) is 20.0 Å². The average Bonchev–Trinajstić information content (AvgIpc) is 2.78. The number of rotatable bonds is 6. The first-order valence-electron chi connectivity index (χ1n) is 7.81. The van der Waals surface area contributed by atoms with E-state index in [1.807, 2.05) is 54.1 Å². The van der Waals surface area contributed by atoms with Gasteiger partial charge in [-0.25, -0.2) is 4.79 Å². The van der Waals surface area contributed by atoms with Crippen LogP contribution < -0.4 is 5.32 Å². The van der Waals surface area contributed by atoms with Gasteiger partial charge in [-0.3, -0.25) is 4.68 Å². The Hall–Kier alpha value is -1.56. The van der Waals surface area contributed by atoms with Crippen LogP contribution in [-0.2, 0) is 11.8 Å². The molecular formula is C16H30N4O2. The number of aromatic nitrogens is 2. The summed E-state index contributed by atoms with van der Waals surface area (Å²) >= 11 is 0. The standard InChI is InChI=1S/C16H30N4O2/c1-12(2)20(15(21)22-16(4,5)6)9-8-17-13(3)14-10-18-19(7)11-14/h10-13,17H,8-9H2,1-7H3. The van der Waals surface area contributed by atoms with Gasteiger partial charge in [0, 0.05) is 44.0 Å². The molecule has 1 aromatic heterocycles. The maximum absolute atomic E-state index is 12.2. The van der Waals surface area contributed by atoms with Crippen LogP contribution in [0.3, 0.4) is 0 Å². The summed E-state index contributed by atoms with van der Waals surface area (Å²) in [5.41, 5.74) is 0.663. The second kappa shape index (κ2) is 7.63. The third-order valence-corrected chi connectivity index (χ3v) is 3.28. The van der Waals surface area contributed by atoms with Crippen molar-refractivity contribution in [2.45, 2.75) is 59.2 Å². The Balaban J connectivity index is 2.49. The van der Waals surface area contributed by atoms with E-state index in [1.54, 1.807) is 9.58 Å². The minimum absolute atomic E-state index is 0.102. The molecule has 0 radical (unpaired) electrons. The smallest absolute Gasteiger partial charge is 0.410 e. The van der Waals surface area contributed by atoms with E-state index in [9.17, 15) is 4.79 Å². The first kappa shape index (κ1) is 18.5. The summed E-state index contributed by atoms with van der Waals surface area (Å²) in [7, 11) is 1.90. The van der Waals surface area contributed by atoms with Crippen LogP contribution >= 0.6 is 0 Å². The van der Waals surface area contributed by atoms with E-state index in [0.717, 1.165) is 5.56 Å². The summed E-state index contributed by atoms with van der Waals surface area (Å²) in [4.78, 5) is 14.0. The van der Waals surface area contributed by atoms with E-state index in [2.05, 4.69) is 17.3 Å². The van der Waals surface area contributed by atoms with Crippen LogP contribution in [0.25, 0.3) is 0 Å². The molecule has 126 valence electrons. The molecule has 6 heteroatoms. The molecule has 0 saturated carbocycles. The van der Waals surface area contributed by atoms with E-state index in [4.69, 9.17) is 4.74 Å². The molecule has 0 fully saturated rings. The molecule has 1 amide bonds. The van der Waals surface area contributed by atoms with Gasteiger partial charge < -0.3 is 15.0 Å². The van der Waals surface area contributed by atoms with Gasteiger partial charge in [0.1, 0.15) is 5.60 Å². The molecule has 1 unspecified atom stereocenters. The predicted octanol–water partition coefficient (Wildman–Crippen LogP) is 2.72. The van der Waals surface area contributed by atoms with Gasteiger partial charge in [-0.05, 0) is 41.5 Å². The van der Waals surface area contributed by atoms with Gasteiger partial charge >= 0.3 is 6.09 Å². The van der Waals surface area contributed by atoms with Crippen molar-refractivity contribution in [3.63, 3.8) is 0 Å². The van der Waals surface area contributed by atoms with Gasteiger partial charge in [0.25, 0.3) is 0 Å². The molecule has 6 nitrogen and oxygen atoms in total. The van der Waals surface area contributed by atoms with Gasteiger partial charge in [-0.15, -0.1) is 0 Å². The fraction of sp³-hybridized carbons (Fsp3) is 0.750. The fourth-order valence-electron chi connectivity index (χ4n) is 2.06.